The Morgan fingerprint density at radius 2 is 1.65 bits per heavy atom. The van der Waals surface area contributed by atoms with Gasteiger partial charge in [0.2, 0.25) is 0 Å². The third-order valence-corrected chi connectivity index (χ3v) is 2.93. The molecule has 0 amide bonds. The zero-order valence-electron chi connectivity index (χ0n) is 13.0. The lowest BCUT2D eigenvalue weighted by molar-refractivity contribution is -0.865. The van der Waals surface area contributed by atoms with Gasteiger partial charge >= 0.3 is 0 Å². The van der Waals surface area contributed by atoms with Gasteiger partial charge in [0.15, 0.2) is 0 Å². The lowest BCUT2D eigenvalue weighted by Gasteiger charge is -2.24. The van der Waals surface area contributed by atoms with Crippen molar-refractivity contribution in [1.29, 1.82) is 0 Å². The van der Waals surface area contributed by atoms with E-state index in [1.807, 2.05) is 0 Å². The van der Waals surface area contributed by atoms with E-state index < -0.39 is 0 Å². The quantitative estimate of drug-likeness (QED) is 0.650. The highest BCUT2D eigenvalue weighted by Crippen LogP contribution is 2.20. The molecule has 0 unspecified atom stereocenters. The summed E-state index contributed by atoms with van der Waals surface area (Å²) >= 11 is 0. The van der Waals surface area contributed by atoms with Crippen LogP contribution in [0.5, 0.6) is 0 Å². The lowest BCUT2D eigenvalue weighted by atomic mass is 9.87. The molecule has 0 aromatic carbocycles. The van der Waals surface area contributed by atoms with Gasteiger partial charge in [-0.2, -0.15) is 0 Å². The van der Waals surface area contributed by atoms with Gasteiger partial charge in [0, 0.05) is 5.41 Å². The Morgan fingerprint density at radius 1 is 1.06 bits per heavy atom. The molecule has 1 heteroatoms. The summed E-state index contributed by atoms with van der Waals surface area (Å²) in [5, 5.41) is 0. The second-order valence-corrected chi connectivity index (χ2v) is 6.62. The van der Waals surface area contributed by atoms with Gasteiger partial charge in [0.25, 0.3) is 0 Å². The third kappa shape index (κ3) is 10.3. The zero-order chi connectivity index (χ0) is 13.5. The molecule has 17 heavy (non-hydrogen) atoms. The van der Waals surface area contributed by atoms with Gasteiger partial charge in [-0.3, -0.25) is 0 Å². The molecule has 0 rings (SSSR count). The van der Waals surface area contributed by atoms with Gasteiger partial charge in [-0.15, -0.1) is 0 Å². The summed E-state index contributed by atoms with van der Waals surface area (Å²) in [7, 11) is 4.46. The van der Waals surface area contributed by atoms with Crippen molar-refractivity contribution < 1.29 is 4.90 Å². The molecule has 100 valence electrons. The molecule has 0 aromatic rings. The van der Waals surface area contributed by atoms with Crippen molar-refractivity contribution in [2.45, 2.75) is 53.9 Å². The fraction of sp³-hybridized carbons (Fsp3) is 0.750. The number of hydrogen-bond acceptors (Lipinski definition) is 0. The van der Waals surface area contributed by atoms with Crippen LogP contribution < -0.4 is 4.90 Å². The van der Waals surface area contributed by atoms with Crippen LogP contribution in [0.1, 0.15) is 53.9 Å². The van der Waals surface area contributed by atoms with E-state index in [0.717, 1.165) is 0 Å². The largest absolute Gasteiger partial charge is 0.339 e. The summed E-state index contributed by atoms with van der Waals surface area (Å²) in [5.41, 5.74) is 3.37. The van der Waals surface area contributed by atoms with E-state index in [1.54, 1.807) is 0 Å². The van der Waals surface area contributed by atoms with Crippen LogP contribution in [0.25, 0.3) is 0 Å². The first-order valence-corrected chi connectivity index (χ1v) is 6.81. The predicted molar refractivity (Wildman–Crippen MR) is 78.5 cm³/mol. The number of quaternary nitrogens is 1. The fourth-order valence-corrected chi connectivity index (χ4v) is 2.17. The van der Waals surface area contributed by atoms with Crippen LogP contribution in [-0.4, -0.2) is 20.6 Å². The minimum absolute atomic E-state index is 0.413. The van der Waals surface area contributed by atoms with Gasteiger partial charge in [-0.25, -0.2) is 0 Å². The minimum Gasteiger partial charge on any atom is -0.339 e. The van der Waals surface area contributed by atoms with Crippen molar-refractivity contribution in [3.8, 4) is 0 Å². The number of nitrogens with one attached hydrogen (secondary N) is 1. The Bertz CT molecular complexity index is 265. The standard InChI is InChI=1S/C16H31N/c1-14(2)9-8-10-15(3)11-12-16(4,5)13-17(6)7/h9,11H,8,10,12-13H2,1-7H3/p+1/b15-11+. The summed E-state index contributed by atoms with van der Waals surface area (Å²) in [4.78, 5) is 1.53. The molecule has 0 aromatic heterocycles. The van der Waals surface area contributed by atoms with Crippen LogP contribution in [0.2, 0.25) is 0 Å². The fourth-order valence-electron chi connectivity index (χ4n) is 2.17. The number of rotatable bonds is 7. The van der Waals surface area contributed by atoms with Gasteiger partial charge in [-0.05, 0) is 40.0 Å². The van der Waals surface area contributed by atoms with Crippen LogP contribution >= 0.6 is 0 Å². The average molecular weight is 238 g/mol. The molecule has 0 saturated carbocycles. The van der Waals surface area contributed by atoms with Crippen molar-refractivity contribution in [2.24, 2.45) is 5.41 Å². The summed E-state index contributed by atoms with van der Waals surface area (Å²) in [6.45, 7) is 12.5. The summed E-state index contributed by atoms with van der Waals surface area (Å²) in [6.07, 6.45) is 8.34. The molecule has 0 spiro atoms. The molecule has 0 aliphatic carbocycles. The summed E-state index contributed by atoms with van der Waals surface area (Å²) < 4.78 is 0. The zero-order valence-corrected chi connectivity index (χ0v) is 13.0. The Labute approximate surface area is 109 Å². The van der Waals surface area contributed by atoms with E-state index in [0.29, 0.717) is 5.41 Å². The first kappa shape index (κ1) is 16.4. The highest BCUT2D eigenvalue weighted by Gasteiger charge is 2.19. The topological polar surface area (TPSA) is 4.44 Å². The highest BCUT2D eigenvalue weighted by molar-refractivity contribution is 5.03. The number of allylic oxidation sites excluding steroid dienone is 4. The van der Waals surface area contributed by atoms with Crippen LogP contribution in [0.4, 0.5) is 0 Å². The smallest absolute Gasteiger partial charge is 0.0821 e. The van der Waals surface area contributed by atoms with Crippen molar-refractivity contribution in [2.75, 3.05) is 20.6 Å². The maximum absolute atomic E-state index is 2.43. The Kier molecular flexibility index (Phi) is 7.45. The normalized spacial score (nSPS) is 13.1. The maximum atomic E-state index is 2.43. The SMILES string of the molecule is CC(C)=CCC/C(C)=C/CC(C)(C)C[NH+](C)C. The van der Waals surface area contributed by atoms with E-state index in [4.69, 9.17) is 0 Å². The van der Waals surface area contributed by atoms with Crippen LogP contribution in [-0.2, 0) is 0 Å². The Morgan fingerprint density at radius 3 is 2.12 bits per heavy atom. The second kappa shape index (κ2) is 7.71. The molecular weight excluding hydrogens is 206 g/mol. The molecule has 0 radical (unpaired) electrons. The lowest BCUT2D eigenvalue weighted by Crippen LogP contribution is -3.07. The molecule has 0 saturated heterocycles. The summed E-state index contributed by atoms with van der Waals surface area (Å²) in [5.74, 6) is 0. The second-order valence-electron chi connectivity index (χ2n) is 6.62. The Balaban J connectivity index is 4.09. The van der Waals surface area contributed by atoms with E-state index in [-0.39, 0.29) is 0 Å². The molecule has 0 atom stereocenters. The van der Waals surface area contributed by atoms with E-state index in [2.05, 4.69) is 60.9 Å². The van der Waals surface area contributed by atoms with Crippen LogP contribution in [0.15, 0.2) is 23.3 Å². The van der Waals surface area contributed by atoms with Crippen molar-refractivity contribution in [1.82, 2.24) is 0 Å². The van der Waals surface area contributed by atoms with Crippen LogP contribution in [0, 0.1) is 5.41 Å². The van der Waals surface area contributed by atoms with Crippen molar-refractivity contribution in [3.63, 3.8) is 0 Å². The average Bonchev–Trinajstić information content (AvgIpc) is 2.12. The van der Waals surface area contributed by atoms with E-state index in [1.165, 1.54) is 41.9 Å². The summed E-state index contributed by atoms with van der Waals surface area (Å²) in [6, 6.07) is 0. The molecule has 0 aliphatic rings. The predicted octanol–water partition coefficient (Wildman–Crippen LogP) is 3.24. The number of hydrogen-bond donors (Lipinski definition) is 1. The third-order valence-electron chi connectivity index (χ3n) is 2.93. The van der Waals surface area contributed by atoms with Crippen molar-refractivity contribution in [3.05, 3.63) is 23.3 Å². The first-order chi connectivity index (χ1) is 7.73. The minimum atomic E-state index is 0.413. The molecule has 0 aliphatic heterocycles. The van der Waals surface area contributed by atoms with Gasteiger partial charge < -0.3 is 4.90 Å². The molecule has 1 N–H and O–H groups in total. The van der Waals surface area contributed by atoms with Crippen LogP contribution in [0.3, 0.4) is 0 Å². The first-order valence-electron chi connectivity index (χ1n) is 6.81. The van der Waals surface area contributed by atoms with Crippen molar-refractivity contribution >= 4 is 0 Å². The van der Waals surface area contributed by atoms with E-state index >= 15 is 0 Å². The molecular formula is C16H32N+. The maximum Gasteiger partial charge on any atom is 0.0821 e. The van der Waals surface area contributed by atoms with E-state index in [9.17, 15) is 0 Å². The highest BCUT2D eigenvalue weighted by atomic mass is 15.1. The molecule has 0 fully saturated rings. The van der Waals surface area contributed by atoms with Gasteiger partial charge in [-0.1, -0.05) is 37.1 Å². The molecule has 0 bridgehead atoms. The van der Waals surface area contributed by atoms with Gasteiger partial charge in [0.05, 0.1) is 20.6 Å². The monoisotopic (exact) mass is 238 g/mol. The van der Waals surface area contributed by atoms with Gasteiger partial charge in [0.1, 0.15) is 0 Å². The molecule has 0 heterocycles. The molecule has 1 nitrogen and oxygen atoms in total. The Hall–Kier alpha value is -0.560.